The molecule has 0 heterocycles. The molecule has 0 aliphatic rings. The second kappa shape index (κ2) is 9.52. The quantitative estimate of drug-likeness (QED) is 0.699. The lowest BCUT2D eigenvalue weighted by molar-refractivity contribution is -0.121. The molecule has 0 saturated carbocycles. The van der Waals surface area contributed by atoms with Crippen LogP contribution in [0.4, 0.5) is 5.69 Å². The number of carbonyl (C=O) groups excluding carboxylic acids is 1. The number of nitrogens with zero attached hydrogens (tertiary/aromatic N) is 1. The smallest absolute Gasteiger partial charge is 0.232 e. The highest BCUT2D eigenvalue weighted by molar-refractivity contribution is 7.92. The van der Waals surface area contributed by atoms with Gasteiger partial charge in [-0.15, -0.1) is 0 Å². The summed E-state index contributed by atoms with van der Waals surface area (Å²) in [6.45, 7) is 4.31. The molecule has 24 heavy (non-hydrogen) atoms. The topological polar surface area (TPSA) is 75.7 Å². The van der Waals surface area contributed by atoms with Crippen LogP contribution in [0.2, 0.25) is 0 Å². The van der Waals surface area contributed by atoms with Gasteiger partial charge in [0.1, 0.15) is 5.75 Å². The third kappa shape index (κ3) is 6.78. The minimum Gasteiger partial charge on any atom is -0.497 e. The molecule has 0 aliphatic carbocycles. The molecule has 0 bridgehead atoms. The zero-order valence-corrected chi connectivity index (χ0v) is 15.7. The van der Waals surface area contributed by atoms with E-state index in [1.807, 2.05) is 6.92 Å². The van der Waals surface area contributed by atoms with E-state index in [4.69, 9.17) is 4.74 Å². The maximum absolute atomic E-state index is 12.0. The lowest BCUT2D eigenvalue weighted by Gasteiger charge is -2.22. The van der Waals surface area contributed by atoms with Gasteiger partial charge in [0.15, 0.2) is 0 Å². The summed E-state index contributed by atoms with van der Waals surface area (Å²) in [5.74, 6) is 0.621. The number of rotatable bonds is 10. The van der Waals surface area contributed by atoms with Gasteiger partial charge in [-0.2, -0.15) is 0 Å². The van der Waals surface area contributed by atoms with Crippen molar-refractivity contribution in [2.75, 3.05) is 24.2 Å². The van der Waals surface area contributed by atoms with Crippen LogP contribution in [0.15, 0.2) is 24.3 Å². The Labute approximate surface area is 145 Å². The van der Waals surface area contributed by atoms with Gasteiger partial charge in [-0.05, 0) is 44.0 Å². The molecule has 1 atom stereocenters. The summed E-state index contributed by atoms with van der Waals surface area (Å²) in [5, 5.41) is 2.92. The summed E-state index contributed by atoms with van der Waals surface area (Å²) >= 11 is 0. The number of nitrogens with one attached hydrogen (secondary N) is 1. The summed E-state index contributed by atoms with van der Waals surface area (Å²) in [6.07, 6.45) is 3.88. The van der Waals surface area contributed by atoms with Crippen LogP contribution in [0.25, 0.3) is 0 Å². The number of sulfonamides is 1. The standard InChI is InChI=1S/C17H28N2O4S/c1-5-7-14(2)18-17(20)8-6-13-19(24(4,21)22)15-9-11-16(23-3)12-10-15/h9-12,14H,5-8,13H2,1-4H3,(H,18,20)/t14-/m1/s1. The number of amides is 1. The van der Waals surface area contributed by atoms with Gasteiger partial charge in [0.25, 0.3) is 0 Å². The Bertz CT molecular complexity index is 614. The van der Waals surface area contributed by atoms with E-state index in [0.717, 1.165) is 12.8 Å². The fourth-order valence-corrected chi connectivity index (χ4v) is 3.44. The Kier molecular flexibility index (Phi) is 8.04. The molecule has 6 nitrogen and oxygen atoms in total. The van der Waals surface area contributed by atoms with Crippen molar-refractivity contribution >= 4 is 21.6 Å². The number of hydrogen-bond acceptors (Lipinski definition) is 4. The minimum atomic E-state index is -3.41. The predicted octanol–water partition coefficient (Wildman–Crippen LogP) is 2.55. The number of methoxy groups -OCH3 is 1. The highest BCUT2D eigenvalue weighted by Crippen LogP contribution is 2.21. The van der Waals surface area contributed by atoms with E-state index in [0.29, 0.717) is 24.3 Å². The van der Waals surface area contributed by atoms with E-state index in [-0.39, 0.29) is 18.5 Å². The Morgan fingerprint density at radius 2 is 1.92 bits per heavy atom. The first kappa shape index (κ1) is 20.3. The normalized spacial score (nSPS) is 12.5. The first-order chi connectivity index (χ1) is 11.3. The summed E-state index contributed by atoms with van der Waals surface area (Å²) < 4.78 is 30.4. The van der Waals surface area contributed by atoms with Crippen LogP contribution in [-0.4, -0.2) is 40.3 Å². The summed E-state index contributed by atoms with van der Waals surface area (Å²) in [6, 6.07) is 6.97. The van der Waals surface area contributed by atoms with Crippen molar-refractivity contribution in [3.05, 3.63) is 24.3 Å². The summed E-state index contributed by atoms with van der Waals surface area (Å²) in [4.78, 5) is 11.9. The highest BCUT2D eigenvalue weighted by Gasteiger charge is 2.18. The van der Waals surface area contributed by atoms with Gasteiger partial charge >= 0.3 is 0 Å². The molecule has 0 aliphatic heterocycles. The van der Waals surface area contributed by atoms with Gasteiger partial charge in [-0.25, -0.2) is 8.42 Å². The zero-order valence-electron chi connectivity index (χ0n) is 14.9. The number of carbonyl (C=O) groups is 1. The van der Waals surface area contributed by atoms with E-state index in [2.05, 4.69) is 12.2 Å². The molecule has 1 aromatic rings. The Morgan fingerprint density at radius 3 is 2.42 bits per heavy atom. The Morgan fingerprint density at radius 1 is 1.29 bits per heavy atom. The molecule has 0 saturated heterocycles. The maximum Gasteiger partial charge on any atom is 0.232 e. The summed E-state index contributed by atoms with van der Waals surface area (Å²) in [5.41, 5.74) is 0.568. The Hall–Kier alpha value is -1.76. The fourth-order valence-electron chi connectivity index (χ4n) is 2.47. The maximum atomic E-state index is 12.0. The van der Waals surface area contributed by atoms with Crippen molar-refractivity contribution in [3.63, 3.8) is 0 Å². The van der Waals surface area contributed by atoms with Crippen molar-refractivity contribution in [2.45, 2.75) is 45.6 Å². The van der Waals surface area contributed by atoms with Gasteiger partial charge in [0.2, 0.25) is 15.9 Å². The third-order valence-electron chi connectivity index (χ3n) is 3.65. The first-order valence-corrected chi connectivity index (χ1v) is 10.0. The molecule has 7 heteroatoms. The molecular weight excluding hydrogens is 328 g/mol. The number of benzene rings is 1. The van der Waals surface area contributed by atoms with Crippen molar-refractivity contribution in [3.8, 4) is 5.75 Å². The monoisotopic (exact) mass is 356 g/mol. The average molecular weight is 356 g/mol. The third-order valence-corrected chi connectivity index (χ3v) is 4.85. The lowest BCUT2D eigenvalue weighted by Crippen LogP contribution is -2.34. The number of ether oxygens (including phenoxy) is 1. The molecule has 1 N–H and O–H groups in total. The van der Waals surface area contributed by atoms with Crippen molar-refractivity contribution in [1.29, 1.82) is 0 Å². The van der Waals surface area contributed by atoms with Gasteiger partial charge in [-0.1, -0.05) is 13.3 Å². The molecule has 0 aromatic heterocycles. The first-order valence-electron chi connectivity index (χ1n) is 8.19. The van der Waals surface area contributed by atoms with Gasteiger partial charge < -0.3 is 10.1 Å². The van der Waals surface area contributed by atoms with Gasteiger partial charge in [-0.3, -0.25) is 9.10 Å². The fraction of sp³-hybridized carbons (Fsp3) is 0.588. The van der Waals surface area contributed by atoms with Gasteiger partial charge in [0.05, 0.1) is 19.1 Å². The average Bonchev–Trinajstić information content (AvgIpc) is 2.50. The highest BCUT2D eigenvalue weighted by atomic mass is 32.2. The Balaban J connectivity index is 2.63. The van der Waals surface area contributed by atoms with Crippen LogP contribution < -0.4 is 14.4 Å². The molecule has 0 spiro atoms. The molecule has 0 fully saturated rings. The second-order valence-electron chi connectivity index (χ2n) is 5.89. The second-order valence-corrected chi connectivity index (χ2v) is 7.80. The molecular formula is C17H28N2O4S. The van der Waals surface area contributed by atoms with E-state index in [1.54, 1.807) is 31.4 Å². The molecule has 1 rings (SSSR count). The van der Waals surface area contributed by atoms with E-state index in [1.165, 1.54) is 10.6 Å². The molecule has 0 radical (unpaired) electrons. The van der Waals surface area contributed by atoms with Crippen LogP contribution in [0.1, 0.15) is 39.5 Å². The number of hydrogen-bond donors (Lipinski definition) is 1. The van der Waals surface area contributed by atoms with E-state index in [9.17, 15) is 13.2 Å². The van der Waals surface area contributed by atoms with E-state index < -0.39 is 10.0 Å². The molecule has 1 amide bonds. The van der Waals surface area contributed by atoms with Crippen molar-refractivity contribution < 1.29 is 17.9 Å². The molecule has 136 valence electrons. The molecule has 0 unspecified atom stereocenters. The van der Waals surface area contributed by atoms with Crippen molar-refractivity contribution in [1.82, 2.24) is 5.32 Å². The molecule has 1 aromatic carbocycles. The number of anilines is 1. The lowest BCUT2D eigenvalue weighted by atomic mass is 10.2. The van der Waals surface area contributed by atoms with Gasteiger partial charge in [0, 0.05) is 19.0 Å². The van der Waals surface area contributed by atoms with Crippen LogP contribution in [0, 0.1) is 0 Å². The SMILES string of the molecule is CCC[C@@H](C)NC(=O)CCCN(c1ccc(OC)cc1)S(C)(=O)=O. The zero-order chi connectivity index (χ0) is 18.2. The largest absolute Gasteiger partial charge is 0.497 e. The van der Waals surface area contributed by atoms with Crippen LogP contribution >= 0.6 is 0 Å². The van der Waals surface area contributed by atoms with Crippen LogP contribution in [0.5, 0.6) is 5.75 Å². The van der Waals surface area contributed by atoms with Crippen LogP contribution in [-0.2, 0) is 14.8 Å². The van der Waals surface area contributed by atoms with Crippen molar-refractivity contribution in [2.24, 2.45) is 0 Å². The minimum absolute atomic E-state index is 0.0425. The summed E-state index contributed by atoms with van der Waals surface area (Å²) in [7, 11) is -1.85. The predicted molar refractivity (Wildman–Crippen MR) is 96.9 cm³/mol. The van der Waals surface area contributed by atoms with Crippen LogP contribution in [0.3, 0.4) is 0 Å². The van der Waals surface area contributed by atoms with E-state index >= 15 is 0 Å².